The summed E-state index contributed by atoms with van der Waals surface area (Å²) in [4.78, 5) is 23.0. The number of hydrogen-bond donors (Lipinski definition) is 1. The lowest BCUT2D eigenvalue weighted by Crippen LogP contribution is -2.16. The average molecular weight is 382 g/mol. The maximum Gasteiger partial charge on any atom is 0.269 e. The van der Waals surface area contributed by atoms with Crippen LogP contribution in [0, 0.1) is 21.7 Å². The van der Waals surface area contributed by atoms with Crippen molar-refractivity contribution < 1.29 is 18.5 Å². The molecular formula is C21H16F2N2O3. The van der Waals surface area contributed by atoms with Gasteiger partial charge in [0, 0.05) is 29.8 Å². The van der Waals surface area contributed by atoms with Crippen LogP contribution in [0.1, 0.15) is 28.4 Å². The number of hydrogen-bond acceptors (Lipinski definition) is 4. The smallest absolute Gasteiger partial charge is 0.269 e. The molecule has 0 saturated carbocycles. The van der Waals surface area contributed by atoms with E-state index < -0.39 is 16.8 Å². The van der Waals surface area contributed by atoms with Gasteiger partial charge in [-0.2, -0.15) is 0 Å². The number of halogens is 2. The average Bonchev–Trinajstić information content (AvgIpc) is 2.69. The van der Waals surface area contributed by atoms with Crippen molar-refractivity contribution in [3.05, 3.63) is 106 Å². The summed E-state index contributed by atoms with van der Waals surface area (Å²) in [5, 5.41) is 14.0. The van der Waals surface area contributed by atoms with Crippen molar-refractivity contribution in [1.29, 1.82) is 0 Å². The van der Waals surface area contributed by atoms with Crippen LogP contribution in [-0.4, -0.2) is 10.7 Å². The molecule has 142 valence electrons. The number of Topliss-reactive ketones (excluding diaryl/α,β-unsaturated/α-hetero) is 1. The SMILES string of the molecule is O=C(CC(Nc1ccc(F)cc1)c1ccc([N+](=O)[O-])cc1)c1ccc(F)cc1. The molecule has 0 spiro atoms. The molecule has 0 amide bonds. The Morgan fingerprint density at radius 2 is 1.43 bits per heavy atom. The monoisotopic (exact) mass is 382 g/mol. The largest absolute Gasteiger partial charge is 0.378 e. The number of ketones is 1. The maximum atomic E-state index is 13.2. The summed E-state index contributed by atoms with van der Waals surface area (Å²) < 4.78 is 26.2. The van der Waals surface area contributed by atoms with Crippen molar-refractivity contribution in [2.75, 3.05) is 5.32 Å². The zero-order valence-corrected chi connectivity index (χ0v) is 14.6. The highest BCUT2D eigenvalue weighted by Crippen LogP contribution is 2.26. The van der Waals surface area contributed by atoms with E-state index in [1.807, 2.05) is 0 Å². The normalized spacial score (nSPS) is 11.6. The van der Waals surface area contributed by atoms with Crippen LogP contribution in [0.25, 0.3) is 0 Å². The van der Waals surface area contributed by atoms with Gasteiger partial charge in [-0.05, 0) is 54.1 Å². The van der Waals surface area contributed by atoms with Gasteiger partial charge in [0.1, 0.15) is 11.6 Å². The van der Waals surface area contributed by atoms with Gasteiger partial charge in [0.15, 0.2) is 5.78 Å². The molecule has 0 bridgehead atoms. The minimum absolute atomic E-state index is 0.0286. The molecule has 3 aromatic rings. The number of nitro groups is 1. The third-order valence-corrected chi connectivity index (χ3v) is 4.25. The summed E-state index contributed by atoms with van der Waals surface area (Å²) in [6, 6.07) is 16.2. The number of rotatable bonds is 7. The maximum absolute atomic E-state index is 13.2. The van der Waals surface area contributed by atoms with Gasteiger partial charge in [-0.25, -0.2) is 8.78 Å². The van der Waals surface area contributed by atoms with E-state index in [1.165, 1.54) is 60.7 Å². The second-order valence-corrected chi connectivity index (χ2v) is 6.19. The number of benzene rings is 3. The van der Waals surface area contributed by atoms with Crippen molar-refractivity contribution in [1.82, 2.24) is 0 Å². The Labute approximate surface area is 159 Å². The van der Waals surface area contributed by atoms with Crippen LogP contribution in [-0.2, 0) is 0 Å². The van der Waals surface area contributed by atoms with E-state index in [9.17, 15) is 23.7 Å². The van der Waals surface area contributed by atoms with Crippen LogP contribution in [0.2, 0.25) is 0 Å². The summed E-state index contributed by atoms with van der Waals surface area (Å²) >= 11 is 0. The van der Waals surface area contributed by atoms with E-state index in [0.29, 0.717) is 16.8 Å². The predicted molar refractivity (Wildman–Crippen MR) is 101 cm³/mol. The van der Waals surface area contributed by atoms with Gasteiger partial charge < -0.3 is 5.32 Å². The fourth-order valence-corrected chi connectivity index (χ4v) is 2.77. The van der Waals surface area contributed by atoms with Crippen molar-refractivity contribution in [3.8, 4) is 0 Å². The first-order valence-electron chi connectivity index (χ1n) is 8.47. The molecule has 0 radical (unpaired) electrons. The lowest BCUT2D eigenvalue weighted by Gasteiger charge is -2.20. The van der Waals surface area contributed by atoms with Gasteiger partial charge >= 0.3 is 0 Å². The highest BCUT2D eigenvalue weighted by Gasteiger charge is 2.19. The van der Waals surface area contributed by atoms with Crippen LogP contribution in [0.15, 0.2) is 72.8 Å². The Bertz CT molecular complexity index is 972. The second-order valence-electron chi connectivity index (χ2n) is 6.19. The highest BCUT2D eigenvalue weighted by molar-refractivity contribution is 5.96. The molecule has 1 atom stereocenters. The van der Waals surface area contributed by atoms with Gasteiger partial charge in [0.2, 0.25) is 0 Å². The first-order valence-corrected chi connectivity index (χ1v) is 8.47. The third-order valence-electron chi connectivity index (χ3n) is 4.25. The van der Waals surface area contributed by atoms with Gasteiger partial charge in [0.25, 0.3) is 5.69 Å². The quantitative estimate of drug-likeness (QED) is 0.342. The summed E-state index contributed by atoms with van der Waals surface area (Å²) in [6.07, 6.45) is 0.0286. The standard InChI is InChI=1S/C21H16F2N2O3/c22-16-5-1-15(2-6-16)21(26)13-20(24-18-9-7-17(23)8-10-18)14-3-11-19(12-4-14)25(27)28/h1-12,20,24H,13H2. The van der Waals surface area contributed by atoms with E-state index in [1.54, 1.807) is 12.1 Å². The van der Waals surface area contributed by atoms with Gasteiger partial charge in [-0.1, -0.05) is 12.1 Å². The van der Waals surface area contributed by atoms with Crippen LogP contribution >= 0.6 is 0 Å². The van der Waals surface area contributed by atoms with E-state index in [0.717, 1.165) is 0 Å². The molecule has 0 aromatic heterocycles. The molecular weight excluding hydrogens is 366 g/mol. The molecule has 0 aliphatic heterocycles. The number of nitro benzene ring substituents is 1. The summed E-state index contributed by atoms with van der Waals surface area (Å²) in [7, 11) is 0. The van der Waals surface area contributed by atoms with E-state index >= 15 is 0 Å². The number of anilines is 1. The number of nitrogens with one attached hydrogen (secondary N) is 1. The highest BCUT2D eigenvalue weighted by atomic mass is 19.1. The summed E-state index contributed by atoms with van der Waals surface area (Å²) in [5.41, 5.74) is 1.55. The fourth-order valence-electron chi connectivity index (χ4n) is 2.77. The Hall–Kier alpha value is -3.61. The summed E-state index contributed by atoms with van der Waals surface area (Å²) in [6.45, 7) is 0. The van der Waals surface area contributed by atoms with Crippen molar-refractivity contribution >= 4 is 17.2 Å². The molecule has 7 heteroatoms. The van der Waals surface area contributed by atoms with Crippen LogP contribution < -0.4 is 5.32 Å². The Kier molecular flexibility index (Phi) is 5.74. The minimum atomic E-state index is -0.510. The molecule has 0 fully saturated rings. The molecule has 3 aromatic carbocycles. The lowest BCUT2D eigenvalue weighted by atomic mass is 9.97. The van der Waals surface area contributed by atoms with Crippen molar-refractivity contribution in [3.63, 3.8) is 0 Å². The van der Waals surface area contributed by atoms with Crippen LogP contribution in [0.5, 0.6) is 0 Å². The van der Waals surface area contributed by atoms with E-state index in [4.69, 9.17) is 0 Å². The lowest BCUT2D eigenvalue weighted by molar-refractivity contribution is -0.384. The number of non-ortho nitro benzene ring substituents is 1. The molecule has 0 aliphatic carbocycles. The molecule has 1 unspecified atom stereocenters. The van der Waals surface area contributed by atoms with Crippen LogP contribution in [0.4, 0.5) is 20.2 Å². The second kappa shape index (κ2) is 8.39. The Morgan fingerprint density at radius 1 is 0.893 bits per heavy atom. The number of nitrogens with zero attached hydrogens (tertiary/aromatic N) is 1. The molecule has 5 nitrogen and oxygen atoms in total. The first-order chi connectivity index (χ1) is 13.4. The first kappa shape index (κ1) is 19.2. The molecule has 28 heavy (non-hydrogen) atoms. The van der Waals surface area contributed by atoms with Gasteiger partial charge in [-0.15, -0.1) is 0 Å². The van der Waals surface area contributed by atoms with Crippen molar-refractivity contribution in [2.24, 2.45) is 0 Å². The topological polar surface area (TPSA) is 72.2 Å². The third kappa shape index (κ3) is 4.76. The summed E-state index contributed by atoms with van der Waals surface area (Å²) in [5.74, 6) is -1.05. The zero-order chi connectivity index (χ0) is 20.1. The molecule has 0 aliphatic rings. The van der Waals surface area contributed by atoms with Crippen molar-refractivity contribution in [2.45, 2.75) is 12.5 Å². The zero-order valence-electron chi connectivity index (χ0n) is 14.6. The van der Waals surface area contributed by atoms with Crippen LogP contribution in [0.3, 0.4) is 0 Å². The number of carbonyl (C=O) groups excluding carboxylic acids is 1. The van der Waals surface area contributed by atoms with Gasteiger partial charge in [0.05, 0.1) is 11.0 Å². The van der Waals surface area contributed by atoms with E-state index in [-0.39, 0.29) is 23.7 Å². The molecule has 3 rings (SSSR count). The fraction of sp³-hybridized carbons (Fsp3) is 0.0952. The Morgan fingerprint density at radius 3 is 1.96 bits per heavy atom. The minimum Gasteiger partial charge on any atom is -0.378 e. The number of carbonyl (C=O) groups is 1. The van der Waals surface area contributed by atoms with E-state index in [2.05, 4.69) is 5.32 Å². The molecule has 0 heterocycles. The van der Waals surface area contributed by atoms with Gasteiger partial charge in [-0.3, -0.25) is 14.9 Å². The Balaban J connectivity index is 1.86. The molecule has 1 N–H and O–H groups in total. The molecule has 0 saturated heterocycles. The predicted octanol–water partition coefficient (Wildman–Crippen LogP) is 5.30.